The Balaban J connectivity index is 2.10. The highest BCUT2D eigenvalue weighted by Crippen LogP contribution is 2.18. The third kappa shape index (κ3) is 3.04. The minimum Gasteiger partial charge on any atom is -0.497 e. The van der Waals surface area contributed by atoms with Gasteiger partial charge in [0.25, 0.3) is 0 Å². The fraction of sp³-hybridized carbons (Fsp3) is 0.214. The molecule has 3 nitrogen and oxygen atoms in total. The molecular formula is C14H16N2O. The normalized spacial score (nSPS) is 12.1. The summed E-state index contributed by atoms with van der Waals surface area (Å²) in [4.78, 5) is 4.08. The molecule has 0 aliphatic carbocycles. The second-order valence-electron chi connectivity index (χ2n) is 3.95. The number of hydrogen-bond acceptors (Lipinski definition) is 3. The molecule has 0 spiro atoms. The summed E-state index contributed by atoms with van der Waals surface area (Å²) in [5.41, 5.74) is 8.36. The van der Waals surface area contributed by atoms with Gasteiger partial charge in [-0.3, -0.25) is 4.98 Å². The first-order chi connectivity index (χ1) is 8.29. The van der Waals surface area contributed by atoms with Gasteiger partial charge in [0.1, 0.15) is 5.75 Å². The van der Waals surface area contributed by atoms with E-state index in [-0.39, 0.29) is 6.04 Å². The summed E-state index contributed by atoms with van der Waals surface area (Å²) < 4.78 is 5.19. The third-order valence-electron chi connectivity index (χ3n) is 2.70. The van der Waals surface area contributed by atoms with E-state index in [0.29, 0.717) is 0 Å². The van der Waals surface area contributed by atoms with Crippen molar-refractivity contribution in [1.82, 2.24) is 4.98 Å². The number of benzene rings is 1. The van der Waals surface area contributed by atoms with Crippen LogP contribution in [0.2, 0.25) is 0 Å². The van der Waals surface area contributed by atoms with E-state index in [1.807, 2.05) is 36.5 Å². The molecule has 0 unspecified atom stereocenters. The molecule has 2 aromatic rings. The molecule has 0 radical (unpaired) electrons. The predicted octanol–water partition coefficient (Wildman–Crippen LogP) is 2.33. The second-order valence-corrected chi connectivity index (χ2v) is 3.95. The highest BCUT2D eigenvalue weighted by molar-refractivity contribution is 5.30. The first-order valence-electron chi connectivity index (χ1n) is 5.58. The van der Waals surface area contributed by atoms with Gasteiger partial charge in [-0.15, -0.1) is 0 Å². The lowest BCUT2D eigenvalue weighted by Gasteiger charge is -2.12. The van der Waals surface area contributed by atoms with Crippen molar-refractivity contribution in [3.8, 4) is 5.75 Å². The van der Waals surface area contributed by atoms with Crippen LogP contribution in [0, 0.1) is 0 Å². The molecule has 0 saturated carbocycles. The van der Waals surface area contributed by atoms with Crippen LogP contribution in [-0.2, 0) is 6.42 Å². The van der Waals surface area contributed by atoms with Crippen molar-refractivity contribution < 1.29 is 4.74 Å². The minimum absolute atomic E-state index is 0.0317. The number of nitrogens with two attached hydrogens (primary N) is 1. The SMILES string of the molecule is COc1cccc(C[C@H](N)c2cccnc2)c1. The molecule has 0 aliphatic rings. The number of nitrogens with zero attached hydrogens (tertiary/aromatic N) is 1. The maximum atomic E-state index is 6.14. The van der Waals surface area contributed by atoms with E-state index in [2.05, 4.69) is 11.1 Å². The Kier molecular flexibility index (Phi) is 3.73. The fourth-order valence-electron chi connectivity index (χ4n) is 1.77. The molecule has 0 aliphatic heterocycles. The lowest BCUT2D eigenvalue weighted by atomic mass is 10.0. The number of aromatic nitrogens is 1. The fourth-order valence-corrected chi connectivity index (χ4v) is 1.77. The molecule has 3 heteroatoms. The molecule has 0 fully saturated rings. The van der Waals surface area contributed by atoms with Gasteiger partial charge in [-0.1, -0.05) is 18.2 Å². The van der Waals surface area contributed by atoms with Crippen LogP contribution in [0.4, 0.5) is 0 Å². The molecule has 1 heterocycles. The van der Waals surface area contributed by atoms with Crippen molar-refractivity contribution >= 4 is 0 Å². The van der Waals surface area contributed by atoms with E-state index >= 15 is 0 Å². The molecule has 0 bridgehead atoms. The van der Waals surface area contributed by atoms with Crippen LogP contribution >= 0.6 is 0 Å². The van der Waals surface area contributed by atoms with Crippen LogP contribution in [0.5, 0.6) is 5.75 Å². The summed E-state index contributed by atoms with van der Waals surface area (Å²) in [5.74, 6) is 0.862. The van der Waals surface area contributed by atoms with Gasteiger partial charge in [-0.25, -0.2) is 0 Å². The lowest BCUT2D eigenvalue weighted by Crippen LogP contribution is -2.13. The Labute approximate surface area is 101 Å². The van der Waals surface area contributed by atoms with Crippen LogP contribution in [0.15, 0.2) is 48.8 Å². The summed E-state index contributed by atoms with van der Waals surface area (Å²) >= 11 is 0. The van der Waals surface area contributed by atoms with Gasteiger partial charge in [0, 0.05) is 18.4 Å². The number of methoxy groups -OCH3 is 1. The standard InChI is InChI=1S/C14H16N2O/c1-17-13-6-2-4-11(8-13)9-14(15)12-5-3-7-16-10-12/h2-8,10,14H,9,15H2,1H3/t14-/m0/s1. The molecule has 0 saturated heterocycles. The van der Waals surface area contributed by atoms with Crippen LogP contribution in [0.25, 0.3) is 0 Å². The molecule has 17 heavy (non-hydrogen) atoms. The molecule has 1 atom stereocenters. The van der Waals surface area contributed by atoms with Gasteiger partial charge < -0.3 is 10.5 Å². The average molecular weight is 228 g/mol. The minimum atomic E-state index is -0.0317. The largest absolute Gasteiger partial charge is 0.497 e. The summed E-state index contributed by atoms with van der Waals surface area (Å²) in [7, 11) is 1.67. The van der Waals surface area contributed by atoms with E-state index in [1.54, 1.807) is 13.3 Å². The average Bonchev–Trinajstić information content (AvgIpc) is 2.40. The first-order valence-corrected chi connectivity index (χ1v) is 5.58. The highest BCUT2D eigenvalue weighted by Gasteiger charge is 2.07. The molecular weight excluding hydrogens is 212 g/mol. The van der Waals surface area contributed by atoms with E-state index in [1.165, 1.54) is 5.56 Å². The molecule has 1 aromatic heterocycles. The Hall–Kier alpha value is -1.87. The molecule has 2 N–H and O–H groups in total. The number of hydrogen-bond donors (Lipinski definition) is 1. The summed E-state index contributed by atoms with van der Waals surface area (Å²) in [6.45, 7) is 0. The quantitative estimate of drug-likeness (QED) is 0.873. The molecule has 0 amide bonds. The summed E-state index contributed by atoms with van der Waals surface area (Å²) in [5, 5.41) is 0. The Bertz CT molecular complexity index is 471. The monoisotopic (exact) mass is 228 g/mol. The van der Waals surface area contributed by atoms with E-state index < -0.39 is 0 Å². The van der Waals surface area contributed by atoms with Crippen molar-refractivity contribution in [2.75, 3.05) is 7.11 Å². The van der Waals surface area contributed by atoms with Crippen LogP contribution < -0.4 is 10.5 Å². The van der Waals surface area contributed by atoms with Gasteiger partial charge in [-0.05, 0) is 35.7 Å². The number of ether oxygens (including phenoxy) is 1. The van der Waals surface area contributed by atoms with E-state index in [9.17, 15) is 0 Å². The lowest BCUT2D eigenvalue weighted by molar-refractivity contribution is 0.414. The van der Waals surface area contributed by atoms with Gasteiger partial charge >= 0.3 is 0 Å². The Morgan fingerprint density at radius 1 is 1.29 bits per heavy atom. The zero-order chi connectivity index (χ0) is 12.1. The van der Waals surface area contributed by atoms with Gasteiger partial charge in [-0.2, -0.15) is 0 Å². The zero-order valence-electron chi connectivity index (χ0n) is 9.84. The third-order valence-corrected chi connectivity index (χ3v) is 2.70. The zero-order valence-corrected chi connectivity index (χ0v) is 9.84. The Morgan fingerprint density at radius 2 is 2.18 bits per heavy atom. The van der Waals surface area contributed by atoms with Gasteiger partial charge in [0.15, 0.2) is 0 Å². The van der Waals surface area contributed by atoms with Crippen molar-refractivity contribution in [1.29, 1.82) is 0 Å². The summed E-state index contributed by atoms with van der Waals surface area (Å²) in [6.07, 6.45) is 4.34. The van der Waals surface area contributed by atoms with E-state index in [4.69, 9.17) is 10.5 Å². The van der Waals surface area contributed by atoms with Crippen molar-refractivity contribution in [3.05, 3.63) is 59.9 Å². The van der Waals surface area contributed by atoms with Crippen molar-refractivity contribution in [2.45, 2.75) is 12.5 Å². The van der Waals surface area contributed by atoms with Crippen LogP contribution in [-0.4, -0.2) is 12.1 Å². The maximum absolute atomic E-state index is 6.14. The van der Waals surface area contributed by atoms with Crippen molar-refractivity contribution in [3.63, 3.8) is 0 Å². The summed E-state index contributed by atoms with van der Waals surface area (Å²) in [6, 6.07) is 11.8. The Morgan fingerprint density at radius 3 is 2.88 bits per heavy atom. The van der Waals surface area contributed by atoms with Crippen LogP contribution in [0.1, 0.15) is 17.2 Å². The predicted molar refractivity (Wildman–Crippen MR) is 67.9 cm³/mol. The van der Waals surface area contributed by atoms with Crippen molar-refractivity contribution in [2.24, 2.45) is 5.73 Å². The molecule has 1 aromatic carbocycles. The van der Waals surface area contributed by atoms with Crippen LogP contribution in [0.3, 0.4) is 0 Å². The van der Waals surface area contributed by atoms with E-state index in [0.717, 1.165) is 17.7 Å². The topological polar surface area (TPSA) is 48.1 Å². The highest BCUT2D eigenvalue weighted by atomic mass is 16.5. The number of rotatable bonds is 4. The molecule has 2 rings (SSSR count). The maximum Gasteiger partial charge on any atom is 0.119 e. The smallest absolute Gasteiger partial charge is 0.119 e. The second kappa shape index (κ2) is 5.46. The first kappa shape index (κ1) is 11.6. The van der Waals surface area contributed by atoms with Gasteiger partial charge in [0.05, 0.1) is 7.11 Å². The van der Waals surface area contributed by atoms with Gasteiger partial charge in [0.2, 0.25) is 0 Å². The molecule has 88 valence electrons. The number of pyridine rings is 1.